The largest absolute Gasteiger partial charge is 0.444 e. The van der Waals surface area contributed by atoms with Gasteiger partial charge in [0.15, 0.2) is 5.96 Å². The normalized spacial score (nSPS) is 11.1. The molecule has 33 heavy (non-hydrogen) atoms. The predicted molar refractivity (Wildman–Crippen MR) is 144 cm³/mol. The van der Waals surface area contributed by atoms with E-state index >= 15 is 0 Å². The van der Waals surface area contributed by atoms with Crippen molar-refractivity contribution >= 4 is 53.3 Å². The number of nitrogens with zero attached hydrogens (tertiary/aromatic N) is 1. The number of anilines is 2. The van der Waals surface area contributed by atoms with Crippen LogP contribution in [0.4, 0.5) is 16.2 Å². The van der Waals surface area contributed by atoms with Gasteiger partial charge in [-0.25, -0.2) is 4.79 Å². The number of hydrogen-bond acceptors (Lipinski definition) is 4. The topological polar surface area (TPSA) is 104 Å². The van der Waals surface area contributed by atoms with E-state index in [1.54, 1.807) is 7.05 Å². The molecule has 9 heteroatoms. The Hall–Kier alpha value is -2.82. The highest BCUT2D eigenvalue weighted by molar-refractivity contribution is 14.0. The van der Waals surface area contributed by atoms with Crippen molar-refractivity contribution in [2.24, 2.45) is 4.99 Å². The van der Waals surface area contributed by atoms with E-state index < -0.39 is 11.7 Å². The van der Waals surface area contributed by atoms with Crippen molar-refractivity contribution in [1.82, 2.24) is 10.6 Å². The smallest absolute Gasteiger partial charge is 0.412 e. The van der Waals surface area contributed by atoms with Crippen molar-refractivity contribution in [2.75, 3.05) is 24.2 Å². The fourth-order valence-electron chi connectivity index (χ4n) is 2.87. The van der Waals surface area contributed by atoms with Crippen molar-refractivity contribution in [2.45, 2.75) is 46.3 Å². The first-order valence-corrected chi connectivity index (χ1v) is 10.5. The Kier molecular flexibility index (Phi) is 11.7. The molecule has 0 bridgehead atoms. The monoisotopic (exact) mass is 567 g/mol. The first-order valence-electron chi connectivity index (χ1n) is 10.5. The van der Waals surface area contributed by atoms with Gasteiger partial charge in [0.1, 0.15) is 5.60 Å². The van der Waals surface area contributed by atoms with Gasteiger partial charge in [-0.15, -0.1) is 24.0 Å². The SMILES string of the molecule is CN=C(NCCc1ccc(NC(=O)OC(C)(C)C)cc1)NCc1cccc(NC(C)=O)c1.I. The molecule has 2 aromatic carbocycles. The van der Waals surface area contributed by atoms with Gasteiger partial charge in [-0.2, -0.15) is 0 Å². The second-order valence-electron chi connectivity index (χ2n) is 8.31. The average Bonchev–Trinajstić information content (AvgIpc) is 2.70. The predicted octanol–water partition coefficient (Wildman–Crippen LogP) is 4.52. The molecular formula is C24H34IN5O3. The van der Waals surface area contributed by atoms with Crippen molar-refractivity contribution in [1.29, 1.82) is 0 Å². The number of carbonyl (C=O) groups is 2. The molecule has 0 saturated carbocycles. The zero-order valence-corrected chi connectivity index (χ0v) is 22.2. The summed E-state index contributed by atoms with van der Waals surface area (Å²) < 4.78 is 5.26. The standard InChI is InChI=1S/C24H33N5O3.HI/c1-17(30)28-21-8-6-7-19(15-21)16-27-22(25-5)26-14-13-18-9-11-20(12-10-18)29-23(31)32-24(2,3)4;/h6-12,15H,13-14,16H2,1-5H3,(H,28,30)(H,29,31)(H2,25,26,27);1H. The summed E-state index contributed by atoms with van der Waals surface area (Å²) in [6, 6.07) is 15.3. The lowest BCUT2D eigenvalue weighted by molar-refractivity contribution is -0.114. The van der Waals surface area contributed by atoms with E-state index in [9.17, 15) is 9.59 Å². The van der Waals surface area contributed by atoms with Crippen LogP contribution < -0.4 is 21.3 Å². The lowest BCUT2D eigenvalue weighted by Crippen LogP contribution is -2.37. The Balaban J connectivity index is 0.00000544. The minimum absolute atomic E-state index is 0. The molecule has 2 rings (SSSR count). The summed E-state index contributed by atoms with van der Waals surface area (Å²) in [7, 11) is 1.72. The molecule has 180 valence electrons. The zero-order valence-electron chi connectivity index (χ0n) is 19.8. The zero-order chi connectivity index (χ0) is 23.6. The van der Waals surface area contributed by atoms with E-state index in [0.717, 1.165) is 23.2 Å². The Labute approximate surface area is 213 Å². The fourth-order valence-corrected chi connectivity index (χ4v) is 2.87. The maximum atomic E-state index is 11.8. The van der Waals surface area contributed by atoms with Crippen LogP contribution in [0.1, 0.15) is 38.8 Å². The van der Waals surface area contributed by atoms with Gasteiger partial charge in [0, 0.05) is 38.4 Å². The molecule has 0 aliphatic heterocycles. The van der Waals surface area contributed by atoms with Gasteiger partial charge in [-0.1, -0.05) is 24.3 Å². The summed E-state index contributed by atoms with van der Waals surface area (Å²) >= 11 is 0. The van der Waals surface area contributed by atoms with E-state index in [0.29, 0.717) is 24.7 Å². The number of hydrogen-bond donors (Lipinski definition) is 4. The second kappa shape index (κ2) is 13.7. The number of nitrogens with one attached hydrogen (secondary N) is 4. The van der Waals surface area contributed by atoms with Crippen LogP contribution in [0.5, 0.6) is 0 Å². The third-order valence-corrected chi connectivity index (χ3v) is 4.24. The molecule has 4 N–H and O–H groups in total. The molecule has 0 fully saturated rings. The van der Waals surface area contributed by atoms with Crippen molar-refractivity contribution in [3.63, 3.8) is 0 Å². The summed E-state index contributed by atoms with van der Waals surface area (Å²) in [5, 5.41) is 12.1. The molecule has 0 aliphatic carbocycles. The summed E-state index contributed by atoms with van der Waals surface area (Å²) in [5.41, 5.74) is 3.09. The van der Waals surface area contributed by atoms with Crippen LogP contribution in [0, 0.1) is 0 Å². The van der Waals surface area contributed by atoms with E-state index in [1.807, 2.05) is 69.3 Å². The number of ether oxygens (including phenoxy) is 1. The maximum absolute atomic E-state index is 11.8. The van der Waals surface area contributed by atoms with E-state index in [1.165, 1.54) is 6.92 Å². The highest BCUT2D eigenvalue weighted by Crippen LogP contribution is 2.13. The fraction of sp³-hybridized carbons (Fsp3) is 0.375. The van der Waals surface area contributed by atoms with Crippen LogP contribution in [0.3, 0.4) is 0 Å². The van der Waals surface area contributed by atoms with Crippen LogP contribution in [0.25, 0.3) is 0 Å². The van der Waals surface area contributed by atoms with Gasteiger partial charge in [0.2, 0.25) is 5.91 Å². The first kappa shape index (κ1) is 28.2. The van der Waals surface area contributed by atoms with E-state index in [-0.39, 0.29) is 29.9 Å². The molecule has 0 aromatic heterocycles. The Morgan fingerprint density at radius 1 is 0.939 bits per heavy atom. The highest BCUT2D eigenvalue weighted by Gasteiger charge is 2.16. The minimum atomic E-state index is -0.531. The third kappa shape index (κ3) is 11.6. The maximum Gasteiger partial charge on any atom is 0.412 e. The molecule has 0 radical (unpaired) electrons. The molecule has 0 saturated heterocycles. The van der Waals surface area contributed by atoms with Crippen molar-refractivity contribution in [3.05, 3.63) is 59.7 Å². The number of halogens is 1. The minimum Gasteiger partial charge on any atom is -0.444 e. The molecule has 2 amide bonds. The van der Waals surface area contributed by atoms with Crippen LogP contribution in [0.15, 0.2) is 53.5 Å². The van der Waals surface area contributed by atoms with E-state index in [2.05, 4.69) is 26.3 Å². The van der Waals surface area contributed by atoms with Gasteiger partial charge >= 0.3 is 6.09 Å². The molecule has 2 aromatic rings. The number of amides is 2. The van der Waals surface area contributed by atoms with Gasteiger partial charge < -0.3 is 20.7 Å². The summed E-state index contributed by atoms with van der Waals surface area (Å²) in [6.07, 6.45) is 0.329. The number of rotatable bonds is 7. The Morgan fingerprint density at radius 3 is 2.24 bits per heavy atom. The van der Waals surface area contributed by atoms with Gasteiger partial charge in [-0.05, 0) is 62.6 Å². The molecule has 0 unspecified atom stereocenters. The molecule has 8 nitrogen and oxygen atoms in total. The Morgan fingerprint density at radius 2 is 1.64 bits per heavy atom. The van der Waals surface area contributed by atoms with Gasteiger partial charge in [-0.3, -0.25) is 15.1 Å². The third-order valence-electron chi connectivity index (χ3n) is 4.24. The first-order chi connectivity index (χ1) is 15.1. The summed E-state index contributed by atoms with van der Waals surface area (Å²) in [4.78, 5) is 27.3. The number of benzene rings is 2. The number of carbonyl (C=O) groups excluding carboxylic acids is 2. The van der Waals surface area contributed by atoms with Crippen LogP contribution >= 0.6 is 24.0 Å². The van der Waals surface area contributed by atoms with Gasteiger partial charge in [0.05, 0.1) is 0 Å². The van der Waals surface area contributed by atoms with Gasteiger partial charge in [0.25, 0.3) is 0 Å². The highest BCUT2D eigenvalue weighted by atomic mass is 127. The van der Waals surface area contributed by atoms with Crippen LogP contribution in [-0.2, 0) is 22.5 Å². The Bertz CT molecular complexity index is 940. The molecule has 0 spiro atoms. The summed E-state index contributed by atoms with van der Waals surface area (Å²) in [6.45, 7) is 8.25. The lowest BCUT2D eigenvalue weighted by Gasteiger charge is -2.19. The molecule has 0 heterocycles. The molecule has 0 aliphatic rings. The number of aliphatic imine (C=N–C) groups is 1. The molecule has 0 atom stereocenters. The van der Waals surface area contributed by atoms with Crippen molar-refractivity contribution in [3.8, 4) is 0 Å². The number of guanidine groups is 1. The summed E-state index contributed by atoms with van der Waals surface area (Å²) in [5.74, 6) is 0.597. The molecular weight excluding hydrogens is 533 g/mol. The van der Waals surface area contributed by atoms with Crippen LogP contribution in [0.2, 0.25) is 0 Å². The quantitative estimate of drug-likeness (QED) is 0.224. The average molecular weight is 567 g/mol. The lowest BCUT2D eigenvalue weighted by atomic mass is 10.1. The second-order valence-corrected chi connectivity index (χ2v) is 8.31. The van der Waals surface area contributed by atoms with E-state index in [4.69, 9.17) is 4.74 Å². The van der Waals surface area contributed by atoms with Crippen molar-refractivity contribution < 1.29 is 14.3 Å². The van der Waals surface area contributed by atoms with Crippen LogP contribution in [-0.4, -0.2) is 37.2 Å².